The summed E-state index contributed by atoms with van der Waals surface area (Å²) < 4.78 is 5.17. The van der Waals surface area contributed by atoms with Crippen molar-refractivity contribution >= 4 is 12.0 Å². The zero-order valence-electron chi connectivity index (χ0n) is 16.1. The molecule has 0 fully saturated rings. The predicted octanol–water partition coefficient (Wildman–Crippen LogP) is 3.59. The third-order valence-corrected chi connectivity index (χ3v) is 3.67. The van der Waals surface area contributed by atoms with E-state index in [1.165, 1.54) is 0 Å². The fourth-order valence-corrected chi connectivity index (χ4v) is 2.51. The second-order valence-electron chi connectivity index (χ2n) is 7.20. The number of nitrogens with zero attached hydrogens (tertiary/aromatic N) is 1. The van der Waals surface area contributed by atoms with Crippen LogP contribution in [0.25, 0.3) is 0 Å². The van der Waals surface area contributed by atoms with Crippen LogP contribution in [0.3, 0.4) is 0 Å². The summed E-state index contributed by atoms with van der Waals surface area (Å²) >= 11 is 0. The van der Waals surface area contributed by atoms with Gasteiger partial charge in [-0.1, -0.05) is 36.4 Å². The highest BCUT2D eigenvalue weighted by atomic mass is 16.6. The van der Waals surface area contributed by atoms with E-state index in [0.29, 0.717) is 19.4 Å². The highest BCUT2D eigenvalue weighted by molar-refractivity contribution is 5.77. The Labute approximate surface area is 160 Å². The van der Waals surface area contributed by atoms with E-state index in [-0.39, 0.29) is 11.9 Å². The van der Waals surface area contributed by atoms with Gasteiger partial charge in [0.25, 0.3) is 0 Å². The lowest BCUT2D eigenvalue weighted by Gasteiger charge is -2.20. The molecular formula is C21H27N3O3. The van der Waals surface area contributed by atoms with Crippen LogP contribution in [0.5, 0.6) is 0 Å². The number of hydrogen-bond donors (Lipinski definition) is 2. The molecule has 2 aromatic rings. The molecule has 1 aromatic carbocycles. The Hall–Kier alpha value is -2.89. The summed E-state index contributed by atoms with van der Waals surface area (Å²) in [5.41, 5.74) is 1.22. The number of carbonyl (C=O) groups is 2. The average Bonchev–Trinajstić information content (AvgIpc) is 2.63. The molecule has 0 bridgehead atoms. The number of nitrogens with one attached hydrogen (secondary N) is 2. The van der Waals surface area contributed by atoms with E-state index in [1.807, 2.05) is 48.5 Å². The van der Waals surface area contributed by atoms with E-state index < -0.39 is 11.7 Å². The monoisotopic (exact) mass is 369 g/mol. The van der Waals surface area contributed by atoms with E-state index in [2.05, 4.69) is 15.6 Å². The summed E-state index contributed by atoms with van der Waals surface area (Å²) in [6.07, 6.45) is 2.06. The van der Waals surface area contributed by atoms with Crippen molar-refractivity contribution in [3.63, 3.8) is 0 Å². The van der Waals surface area contributed by atoms with E-state index in [4.69, 9.17) is 4.74 Å². The van der Waals surface area contributed by atoms with Crippen LogP contribution >= 0.6 is 0 Å². The molecule has 0 aliphatic carbocycles. The lowest BCUT2D eigenvalue weighted by Crippen LogP contribution is -2.34. The molecule has 2 amide bonds. The number of pyridine rings is 1. The number of hydrogen-bond acceptors (Lipinski definition) is 4. The normalized spacial score (nSPS) is 12.1. The van der Waals surface area contributed by atoms with Crippen molar-refractivity contribution in [2.45, 2.75) is 45.3 Å². The Bertz CT molecular complexity index is 688. The molecule has 0 radical (unpaired) electrons. The molecule has 6 nitrogen and oxygen atoms in total. The lowest BCUT2D eigenvalue weighted by molar-refractivity contribution is -0.121. The molecule has 27 heavy (non-hydrogen) atoms. The first kappa shape index (κ1) is 20.4. The smallest absolute Gasteiger partial charge is 0.407 e. The summed E-state index contributed by atoms with van der Waals surface area (Å²) in [5.74, 6) is -0.0968. The lowest BCUT2D eigenvalue weighted by atomic mass is 10.0. The van der Waals surface area contributed by atoms with Gasteiger partial charge in [-0.25, -0.2) is 4.79 Å². The van der Waals surface area contributed by atoms with Gasteiger partial charge in [0.15, 0.2) is 0 Å². The van der Waals surface area contributed by atoms with Crippen molar-refractivity contribution in [3.8, 4) is 0 Å². The number of benzene rings is 1. The molecule has 1 unspecified atom stereocenters. The average molecular weight is 369 g/mol. The number of aromatic nitrogens is 1. The third kappa shape index (κ3) is 7.48. The molecule has 2 N–H and O–H groups in total. The summed E-state index contributed by atoms with van der Waals surface area (Å²) in [5, 5.41) is 5.69. The molecule has 2 rings (SSSR count). The molecule has 0 spiro atoms. The molecule has 6 heteroatoms. The largest absolute Gasteiger partial charge is 0.444 e. The second-order valence-corrected chi connectivity index (χ2v) is 7.20. The molecule has 0 aliphatic rings. The van der Waals surface area contributed by atoms with Gasteiger partial charge in [0.1, 0.15) is 5.60 Å². The first-order valence-electron chi connectivity index (χ1n) is 9.07. The maximum Gasteiger partial charge on any atom is 0.407 e. The van der Waals surface area contributed by atoms with Gasteiger partial charge in [0, 0.05) is 19.2 Å². The molecular weight excluding hydrogens is 342 g/mol. The van der Waals surface area contributed by atoms with Gasteiger partial charge in [0.2, 0.25) is 5.91 Å². The van der Waals surface area contributed by atoms with Crippen LogP contribution < -0.4 is 10.6 Å². The second kappa shape index (κ2) is 9.71. The van der Waals surface area contributed by atoms with Gasteiger partial charge in [-0.05, 0) is 44.9 Å². The topological polar surface area (TPSA) is 80.3 Å². The van der Waals surface area contributed by atoms with Crippen molar-refractivity contribution in [1.82, 2.24) is 15.6 Å². The fourth-order valence-electron chi connectivity index (χ4n) is 2.51. The van der Waals surface area contributed by atoms with Crippen LogP contribution in [0.4, 0.5) is 4.79 Å². The molecule has 1 aromatic heterocycles. The number of amides is 2. The Morgan fingerprint density at radius 1 is 1.07 bits per heavy atom. The van der Waals surface area contributed by atoms with Gasteiger partial charge < -0.3 is 15.4 Å². The number of ether oxygens (including phenoxy) is 1. The maximum atomic E-state index is 12.4. The van der Waals surface area contributed by atoms with Gasteiger partial charge in [-0.2, -0.15) is 0 Å². The molecule has 0 aliphatic heterocycles. The first-order chi connectivity index (χ1) is 12.8. The molecule has 1 atom stereocenters. The number of rotatable bonds is 7. The van der Waals surface area contributed by atoms with E-state index in [1.54, 1.807) is 27.0 Å². The highest BCUT2D eigenvalue weighted by Crippen LogP contribution is 2.20. The molecule has 0 saturated heterocycles. The van der Waals surface area contributed by atoms with Crippen LogP contribution in [0, 0.1) is 0 Å². The van der Waals surface area contributed by atoms with Crippen molar-refractivity contribution in [3.05, 3.63) is 66.0 Å². The van der Waals surface area contributed by atoms with Crippen molar-refractivity contribution in [2.24, 2.45) is 0 Å². The summed E-state index contributed by atoms with van der Waals surface area (Å²) in [6.45, 7) is 5.80. The van der Waals surface area contributed by atoms with Crippen molar-refractivity contribution in [1.29, 1.82) is 0 Å². The van der Waals surface area contributed by atoms with Crippen LogP contribution in [-0.2, 0) is 9.53 Å². The molecule has 144 valence electrons. The van der Waals surface area contributed by atoms with Gasteiger partial charge in [0.05, 0.1) is 11.7 Å². The zero-order valence-corrected chi connectivity index (χ0v) is 16.1. The third-order valence-electron chi connectivity index (χ3n) is 3.67. The minimum atomic E-state index is -0.535. The summed E-state index contributed by atoms with van der Waals surface area (Å²) in [4.78, 5) is 28.4. The SMILES string of the molecule is CC(C)(C)OC(=O)NCCCC(=O)NC(c1ccccc1)c1ccccn1. The number of alkyl carbamates (subject to hydrolysis) is 1. The van der Waals surface area contributed by atoms with E-state index in [9.17, 15) is 9.59 Å². The van der Waals surface area contributed by atoms with Gasteiger partial charge >= 0.3 is 6.09 Å². The standard InChI is InChI=1S/C21H27N3O3/c1-21(2,3)27-20(26)23-15-9-13-18(25)24-19(16-10-5-4-6-11-16)17-12-7-8-14-22-17/h4-8,10-12,14,19H,9,13,15H2,1-3H3,(H,23,26)(H,24,25). The molecule has 0 saturated carbocycles. The van der Waals surface area contributed by atoms with Crippen molar-refractivity contribution in [2.75, 3.05) is 6.54 Å². The first-order valence-corrected chi connectivity index (χ1v) is 9.07. The van der Waals surface area contributed by atoms with Crippen molar-refractivity contribution < 1.29 is 14.3 Å². The Balaban J connectivity index is 1.87. The van der Waals surface area contributed by atoms with Gasteiger partial charge in [-0.15, -0.1) is 0 Å². The fraction of sp³-hybridized carbons (Fsp3) is 0.381. The highest BCUT2D eigenvalue weighted by Gasteiger charge is 2.18. The van der Waals surface area contributed by atoms with E-state index >= 15 is 0 Å². The van der Waals surface area contributed by atoms with Crippen LogP contribution in [-0.4, -0.2) is 29.1 Å². The minimum Gasteiger partial charge on any atom is -0.444 e. The quantitative estimate of drug-likeness (QED) is 0.731. The van der Waals surface area contributed by atoms with Crippen LogP contribution in [0.2, 0.25) is 0 Å². The zero-order chi connectivity index (χ0) is 19.7. The van der Waals surface area contributed by atoms with Gasteiger partial charge in [-0.3, -0.25) is 9.78 Å². The predicted molar refractivity (Wildman–Crippen MR) is 104 cm³/mol. The molecule has 1 heterocycles. The summed E-state index contributed by atoms with van der Waals surface area (Å²) in [6, 6.07) is 15.0. The Kier molecular flexibility index (Phi) is 7.34. The summed E-state index contributed by atoms with van der Waals surface area (Å²) in [7, 11) is 0. The van der Waals surface area contributed by atoms with Crippen LogP contribution in [0.15, 0.2) is 54.7 Å². The Morgan fingerprint density at radius 3 is 2.41 bits per heavy atom. The maximum absolute atomic E-state index is 12.4. The number of carbonyl (C=O) groups excluding carboxylic acids is 2. The van der Waals surface area contributed by atoms with E-state index in [0.717, 1.165) is 11.3 Å². The van der Waals surface area contributed by atoms with Crippen LogP contribution in [0.1, 0.15) is 50.9 Å². The minimum absolute atomic E-state index is 0.0968. The Morgan fingerprint density at radius 2 is 1.78 bits per heavy atom.